The molecule has 5 nitrogen and oxygen atoms in total. The second-order valence-corrected chi connectivity index (χ2v) is 6.99. The van der Waals surface area contributed by atoms with Crippen LogP contribution in [-0.4, -0.2) is 28.7 Å². The number of oxazole rings is 1. The van der Waals surface area contributed by atoms with Crippen molar-refractivity contribution in [3.8, 4) is 11.3 Å². The Kier molecular flexibility index (Phi) is 6.50. The number of hydrogen-bond acceptors (Lipinski definition) is 5. The lowest BCUT2D eigenvalue weighted by Crippen LogP contribution is -2.41. The maximum atomic E-state index is 11.9. The second kappa shape index (κ2) is 8.38. The van der Waals surface area contributed by atoms with E-state index in [1.165, 1.54) is 11.8 Å². The largest absolute Gasteiger partial charge is 0.440 e. The van der Waals surface area contributed by atoms with E-state index in [1.54, 1.807) is 18.3 Å². The zero-order chi connectivity index (χ0) is 16.8. The number of amides is 1. The van der Waals surface area contributed by atoms with Gasteiger partial charge < -0.3 is 15.5 Å². The van der Waals surface area contributed by atoms with Crippen molar-refractivity contribution >= 4 is 29.3 Å². The first-order valence-corrected chi connectivity index (χ1v) is 8.75. The Morgan fingerprint density at radius 1 is 1.39 bits per heavy atom. The van der Waals surface area contributed by atoms with E-state index < -0.39 is 0 Å². The third kappa shape index (κ3) is 5.27. The quantitative estimate of drug-likeness (QED) is 0.799. The molecular weight excluding hydrogens is 334 g/mol. The van der Waals surface area contributed by atoms with Crippen molar-refractivity contribution in [1.82, 2.24) is 10.3 Å². The van der Waals surface area contributed by atoms with Gasteiger partial charge in [0.2, 0.25) is 11.8 Å². The summed E-state index contributed by atoms with van der Waals surface area (Å²) in [4.78, 5) is 16.2. The molecule has 2 aromatic rings. The summed E-state index contributed by atoms with van der Waals surface area (Å²) in [5.41, 5.74) is 6.42. The molecule has 2 atom stereocenters. The Morgan fingerprint density at radius 3 is 2.74 bits per heavy atom. The first kappa shape index (κ1) is 17.8. The normalized spacial score (nSPS) is 13.6. The van der Waals surface area contributed by atoms with Crippen LogP contribution in [0.15, 0.2) is 34.9 Å². The lowest BCUT2D eigenvalue weighted by molar-refractivity contribution is -0.120. The van der Waals surface area contributed by atoms with Crippen LogP contribution >= 0.6 is 23.4 Å². The minimum Gasteiger partial charge on any atom is -0.440 e. The van der Waals surface area contributed by atoms with Gasteiger partial charge in [0, 0.05) is 23.2 Å². The zero-order valence-electron chi connectivity index (χ0n) is 13.1. The Balaban J connectivity index is 1.89. The van der Waals surface area contributed by atoms with Gasteiger partial charge in [-0.25, -0.2) is 4.98 Å². The van der Waals surface area contributed by atoms with E-state index >= 15 is 0 Å². The van der Waals surface area contributed by atoms with Crippen LogP contribution in [0, 0.1) is 0 Å². The summed E-state index contributed by atoms with van der Waals surface area (Å²) in [5.74, 6) is 1.77. The van der Waals surface area contributed by atoms with E-state index in [2.05, 4.69) is 10.3 Å². The van der Waals surface area contributed by atoms with E-state index in [-0.39, 0.29) is 17.2 Å². The van der Waals surface area contributed by atoms with Gasteiger partial charge in [-0.15, -0.1) is 11.8 Å². The van der Waals surface area contributed by atoms with Crippen LogP contribution in [0.5, 0.6) is 0 Å². The summed E-state index contributed by atoms with van der Waals surface area (Å²) in [7, 11) is 0. The predicted molar refractivity (Wildman–Crippen MR) is 94.4 cm³/mol. The molecule has 1 heterocycles. The molecule has 2 rings (SSSR count). The van der Waals surface area contributed by atoms with Gasteiger partial charge in [0.25, 0.3) is 0 Å². The number of halogens is 1. The molecule has 124 valence electrons. The zero-order valence-corrected chi connectivity index (χ0v) is 14.7. The summed E-state index contributed by atoms with van der Waals surface area (Å²) >= 11 is 7.34. The highest BCUT2D eigenvalue weighted by molar-refractivity contribution is 7.99. The SMILES string of the molecule is CC(SCc1ncc(-c2ccc(Cl)cc2)o1)C(=O)N[C@@H](C)CN. The predicted octanol–water partition coefficient (Wildman–Crippen LogP) is 3.08. The van der Waals surface area contributed by atoms with Crippen LogP contribution in [0.2, 0.25) is 5.02 Å². The van der Waals surface area contributed by atoms with Gasteiger partial charge >= 0.3 is 0 Å². The number of thioether (sulfide) groups is 1. The highest BCUT2D eigenvalue weighted by atomic mass is 35.5. The van der Waals surface area contributed by atoms with Crippen molar-refractivity contribution in [3.63, 3.8) is 0 Å². The maximum absolute atomic E-state index is 11.9. The van der Waals surface area contributed by atoms with Crippen molar-refractivity contribution in [2.24, 2.45) is 5.73 Å². The summed E-state index contributed by atoms with van der Waals surface area (Å²) in [5, 5.41) is 3.33. The third-order valence-corrected chi connectivity index (χ3v) is 4.63. The number of nitrogens with one attached hydrogen (secondary N) is 1. The summed E-state index contributed by atoms with van der Waals surface area (Å²) < 4.78 is 5.72. The average molecular weight is 354 g/mol. The topological polar surface area (TPSA) is 81.2 Å². The summed E-state index contributed by atoms with van der Waals surface area (Å²) in [6.07, 6.45) is 1.68. The van der Waals surface area contributed by atoms with Gasteiger partial charge in [0.15, 0.2) is 5.76 Å². The molecule has 23 heavy (non-hydrogen) atoms. The van der Waals surface area contributed by atoms with E-state index in [9.17, 15) is 4.79 Å². The highest BCUT2D eigenvalue weighted by Gasteiger charge is 2.16. The number of aromatic nitrogens is 1. The fourth-order valence-electron chi connectivity index (χ4n) is 1.82. The highest BCUT2D eigenvalue weighted by Crippen LogP contribution is 2.25. The van der Waals surface area contributed by atoms with Gasteiger partial charge in [0.1, 0.15) is 0 Å². The van der Waals surface area contributed by atoms with Crippen LogP contribution in [0.25, 0.3) is 11.3 Å². The Morgan fingerprint density at radius 2 is 2.09 bits per heavy atom. The van der Waals surface area contributed by atoms with Gasteiger partial charge in [-0.3, -0.25) is 4.79 Å². The summed E-state index contributed by atoms with van der Waals surface area (Å²) in [6, 6.07) is 7.34. The number of carbonyl (C=O) groups excluding carboxylic acids is 1. The van der Waals surface area contributed by atoms with Crippen LogP contribution in [0.1, 0.15) is 19.7 Å². The Bertz CT molecular complexity index is 645. The number of benzene rings is 1. The van der Waals surface area contributed by atoms with Crippen molar-refractivity contribution < 1.29 is 9.21 Å². The Labute approximate surface area is 145 Å². The Hall–Kier alpha value is -1.50. The van der Waals surface area contributed by atoms with Crippen LogP contribution in [0.4, 0.5) is 0 Å². The van der Waals surface area contributed by atoms with Gasteiger partial charge in [-0.1, -0.05) is 11.6 Å². The van der Waals surface area contributed by atoms with Crippen molar-refractivity contribution in [2.45, 2.75) is 30.9 Å². The smallest absolute Gasteiger partial charge is 0.233 e. The van der Waals surface area contributed by atoms with Gasteiger partial charge in [-0.05, 0) is 38.1 Å². The molecule has 1 amide bonds. The molecule has 0 aliphatic heterocycles. The van der Waals surface area contributed by atoms with Crippen LogP contribution in [-0.2, 0) is 10.5 Å². The van der Waals surface area contributed by atoms with E-state index in [4.69, 9.17) is 21.8 Å². The molecule has 0 radical (unpaired) electrons. The molecule has 0 saturated carbocycles. The average Bonchev–Trinajstić information content (AvgIpc) is 3.02. The first-order valence-electron chi connectivity index (χ1n) is 7.32. The van der Waals surface area contributed by atoms with E-state index in [0.29, 0.717) is 29.0 Å². The standard InChI is InChI=1S/C16H20ClN3O2S/c1-10(7-18)20-16(21)11(2)23-9-15-19-8-14(22-15)12-3-5-13(17)6-4-12/h3-6,8,10-11H,7,9,18H2,1-2H3,(H,20,21)/t10-,11?/m0/s1. The molecular formula is C16H20ClN3O2S. The second-order valence-electron chi connectivity index (χ2n) is 5.22. The molecule has 0 aliphatic rings. The summed E-state index contributed by atoms with van der Waals surface area (Å²) in [6.45, 7) is 4.15. The molecule has 3 N–H and O–H groups in total. The van der Waals surface area contributed by atoms with E-state index in [0.717, 1.165) is 5.56 Å². The number of rotatable bonds is 7. The first-order chi connectivity index (χ1) is 11.0. The molecule has 0 bridgehead atoms. The van der Waals surface area contributed by atoms with Crippen LogP contribution in [0.3, 0.4) is 0 Å². The lowest BCUT2D eigenvalue weighted by atomic mass is 10.2. The fraction of sp³-hybridized carbons (Fsp3) is 0.375. The number of hydrogen-bond donors (Lipinski definition) is 2. The number of nitrogens with zero attached hydrogens (tertiary/aromatic N) is 1. The van der Waals surface area contributed by atoms with Crippen LogP contribution < -0.4 is 11.1 Å². The molecule has 1 unspecified atom stereocenters. The van der Waals surface area contributed by atoms with Gasteiger partial charge in [0.05, 0.1) is 17.2 Å². The fourth-order valence-corrected chi connectivity index (χ4v) is 2.69. The molecule has 7 heteroatoms. The monoisotopic (exact) mass is 353 g/mol. The molecule has 0 aliphatic carbocycles. The van der Waals surface area contributed by atoms with Crippen molar-refractivity contribution in [3.05, 3.63) is 41.4 Å². The molecule has 1 aromatic heterocycles. The molecule has 0 saturated heterocycles. The molecule has 0 spiro atoms. The van der Waals surface area contributed by atoms with E-state index in [1.807, 2.05) is 26.0 Å². The van der Waals surface area contributed by atoms with Crippen molar-refractivity contribution in [2.75, 3.05) is 6.54 Å². The van der Waals surface area contributed by atoms with Gasteiger partial charge in [-0.2, -0.15) is 0 Å². The minimum absolute atomic E-state index is 0.0243. The minimum atomic E-state index is -0.199. The molecule has 0 fully saturated rings. The molecule has 1 aromatic carbocycles. The lowest BCUT2D eigenvalue weighted by Gasteiger charge is -2.15. The maximum Gasteiger partial charge on any atom is 0.233 e. The van der Waals surface area contributed by atoms with Crippen molar-refractivity contribution in [1.29, 1.82) is 0 Å². The third-order valence-electron chi connectivity index (χ3n) is 3.25. The number of nitrogens with two attached hydrogens (primary N) is 1. The number of carbonyl (C=O) groups is 1.